The summed E-state index contributed by atoms with van der Waals surface area (Å²) in [5, 5.41) is 2.26. The van der Waals surface area contributed by atoms with E-state index in [2.05, 4.69) is 10.1 Å². The van der Waals surface area contributed by atoms with Gasteiger partial charge in [0.2, 0.25) is 0 Å². The second-order valence-electron chi connectivity index (χ2n) is 3.81. The largest absolute Gasteiger partial charge is 0.413 e. The highest BCUT2D eigenvalue weighted by atomic mass is 19.4. The predicted molar refractivity (Wildman–Crippen MR) is 62.8 cm³/mol. The monoisotopic (exact) mass is 267 g/mol. The molecule has 0 saturated carbocycles. The third-order valence-corrected chi connectivity index (χ3v) is 2.60. The quantitative estimate of drug-likeness (QED) is 0.627. The fourth-order valence-electron chi connectivity index (χ4n) is 1.79. The molecule has 0 bridgehead atoms. The van der Waals surface area contributed by atoms with E-state index in [1.165, 1.54) is 6.07 Å². The lowest BCUT2D eigenvalue weighted by Gasteiger charge is -2.28. The predicted octanol–water partition coefficient (Wildman–Crippen LogP) is 2.56. The number of carbonyl (C=O) groups excluding carboxylic acids is 1. The van der Waals surface area contributed by atoms with Crippen LogP contribution in [0.25, 0.3) is 6.08 Å². The van der Waals surface area contributed by atoms with Gasteiger partial charge in [0, 0.05) is 5.69 Å². The maximum Gasteiger partial charge on any atom is 0.413 e. The van der Waals surface area contributed by atoms with E-state index in [9.17, 15) is 18.0 Å². The normalized spacial score (nSPS) is 17.6. The highest BCUT2D eigenvalue weighted by Gasteiger charge is 2.46. The van der Waals surface area contributed by atoms with Crippen LogP contribution in [0, 0.1) is 12.5 Å². The summed E-state index contributed by atoms with van der Waals surface area (Å²) in [6, 6.07) is 4.18. The first-order valence-corrected chi connectivity index (χ1v) is 5.24. The number of rotatable bonds is 1. The summed E-state index contributed by atoms with van der Waals surface area (Å²) in [7, 11) is 0. The van der Waals surface area contributed by atoms with Gasteiger partial charge in [0.05, 0.1) is 5.57 Å². The molecule has 1 aromatic rings. The molecule has 98 valence electrons. The molecular weight excluding hydrogens is 259 g/mol. The Morgan fingerprint density at radius 2 is 2.05 bits per heavy atom. The minimum Gasteiger partial charge on any atom is -0.370 e. The van der Waals surface area contributed by atoms with Crippen molar-refractivity contribution >= 4 is 17.7 Å². The average molecular weight is 267 g/mol. The van der Waals surface area contributed by atoms with Crippen LogP contribution < -0.4 is 5.32 Å². The van der Waals surface area contributed by atoms with Crippen LogP contribution in [0.5, 0.6) is 0 Å². The first-order valence-electron chi connectivity index (χ1n) is 5.24. The lowest BCUT2D eigenvalue weighted by Crippen LogP contribution is -2.42. The van der Waals surface area contributed by atoms with E-state index in [0.717, 1.165) is 6.08 Å². The summed E-state index contributed by atoms with van der Waals surface area (Å²) in [5.74, 6) is -1.19. The lowest BCUT2D eigenvalue weighted by molar-refractivity contribution is -0.146. The zero-order chi connectivity index (χ0) is 14.0. The van der Waals surface area contributed by atoms with E-state index < -0.39 is 23.8 Å². The second kappa shape index (κ2) is 4.69. The Kier molecular flexibility index (Phi) is 3.21. The maximum atomic E-state index is 12.9. The van der Waals surface area contributed by atoms with Crippen molar-refractivity contribution in [2.45, 2.75) is 12.2 Å². The van der Waals surface area contributed by atoms with Gasteiger partial charge in [-0.15, -0.1) is 0 Å². The Morgan fingerprint density at radius 3 is 2.68 bits per heavy atom. The molecule has 6 heteroatoms. The Balaban J connectivity index is 2.48. The lowest BCUT2D eigenvalue weighted by atomic mass is 9.97. The molecular formula is C13H8F3NO2. The van der Waals surface area contributed by atoms with Gasteiger partial charge in [0.25, 0.3) is 0 Å². The van der Waals surface area contributed by atoms with Crippen LogP contribution in [0.2, 0.25) is 0 Å². The van der Waals surface area contributed by atoms with Gasteiger partial charge in [-0.3, -0.25) is 0 Å². The smallest absolute Gasteiger partial charge is 0.370 e. The van der Waals surface area contributed by atoms with Gasteiger partial charge in [-0.1, -0.05) is 24.6 Å². The average Bonchev–Trinajstić information content (AvgIpc) is 2.36. The number of hydrogen-bond acceptors (Lipinski definition) is 3. The van der Waals surface area contributed by atoms with E-state index in [1.54, 1.807) is 24.3 Å². The van der Waals surface area contributed by atoms with Gasteiger partial charge in [0.1, 0.15) is 6.11 Å². The second-order valence-corrected chi connectivity index (χ2v) is 3.81. The summed E-state index contributed by atoms with van der Waals surface area (Å²) < 4.78 is 43.0. The molecule has 0 saturated heterocycles. The van der Waals surface area contributed by atoms with Gasteiger partial charge in [0.15, 0.2) is 6.04 Å². The molecule has 19 heavy (non-hydrogen) atoms. The highest BCUT2D eigenvalue weighted by Crippen LogP contribution is 2.35. The van der Waals surface area contributed by atoms with Crippen molar-refractivity contribution in [2.75, 3.05) is 5.32 Å². The van der Waals surface area contributed by atoms with Crippen molar-refractivity contribution in [2.24, 2.45) is 0 Å². The third kappa shape index (κ3) is 2.55. The Bertz CT molecular complexity index is 584. The molecule has 0 aliphatic carbocycles. The molecule has 1 heterocycles. The molecule has 0 amide bonds. The SMILES string of the molecule is C#COC(=O)C1=Cc2ccccc2NC1C(F)(F)F. The maximum absolute atomic E-state index is 12.9. The van der Waals surface area contributed by atoms with Gasteiger partial charge in [-0.25, -0.2) is 4.79 Å². The van der Waals surface area contributed by atoms with Gasteiger partial charge in [-0.05, 0) is 17.7 Å². The fraction of sp³-hybridized carbons (Fsp3) is 0.154. The molecule has 0 fully saturated rings. The van der Waals surface area contributed by atoms with Crippen molar-refractivity contribution in [3.05, 3.63) is 35.4 Å². The summed E-state index contributed by atoms with van der Waals surface area (Å²) >= 11 is 0. The molecule has 1 atom stereocenters. The van der Waals surface area contributed by atoms with E-state index in [4.69, 9.17) is 6.42 Å². The van der Waals surface area contributed by atoms with Crippen molar-refractivity contribution in [1.82, 2.24) is 0 Å². The molecule has 3 nitrogen and oxygen atoms in total. The molecule has 1 aliphatic rings. The van der Waals surface area contributed by atoms with Crippen LogP contribution in [-0.2, 0) is 9.53 Å². The van der Waals surface area contributed by atoms with Crippen molar-refractivity contribution in [3.63, 3.8) is 0 Å². The highest BCUT2D eigenvalue weighted by molar-refractivity contribution is 5.99. The minimum absolute atomic E-state index is 0.294. The van der Waals surface area contributed by atoms with E-state index in [-0.39, 0.29) is 0 Å². The van der Waals surface area contributed by atoms with Crippen molar-refractivity contribution in [3.8, 4) is 12.5 Å². The Hall–Kier alpha value is -2.42. The minimum atomic E-state index is -4.63. The van der Waals surface area contributed by atoms with Crippen LogP contribution in [0.15, 0.2) is 29.8 Å². The number of esters is 1. The number of nitrogens with one attached hydrogen (secondary N) is 1. The first kappa shape index (κ1) is 13.0. The standard InChI is InChI=1S/C13H8F3NO2/c1-2-19-12(18)9-7-8-5-3-4-6-10(8)17-11(9)13(14,15)16/h1,3-7,11,17H. The Morgan fingerprint density at radius 1 is 1.37 bits per heavy atom. The van der Waals surface area contributed by atoms with E-state index in [1.807, 2.05) is 0 Å². The zero-order valence-electron chi connectivity index (χ0n) is 9.49. The summed E-state index contributed by atoms with van der Waals surface area (Å²) in [6.07, 6.45) is 2.84. The van der Waals surface area contributed by atoms with Crippen molar-refractivity contribution < 1.29 is 22.7 Å². The van der Waals surface area contributed by atoms with Crippen LogP contribution in [0.1, 0.15) is 5.56 Å². The number of benzene rings is 1. The number of fused-ring (bicyclic) bond motifs is 1. The molecule has 2 rings (SSSR count). The Labute approximate surface area is 107 Å². The molecule has 0 radical (unpaired) electrons. The third-order valence-electron chi connectivity index (χ3n) is 2.60. The van der Waals surface area contributed by atoms with Crippen LogP contribution in [0.3, 0.4) is 0 Å². The number of alkyl halides is 3. The zero-order valence-corrected chi connectivity index (χ0v) is 9.49. The number of terminal acetylenes is 1. The van der Waals surface area contributed by atoms with Crippen molar-refractivity contribution in [1.29, 1.82) is 0 Å². The van der Waals surface area contributed by atoms with Gasteiger partial charge >= 0.3 is 12.1 Å². The summed E-state index contributed by atoms with van der Waals surface area (Å²) in [6.45, 7) is 0. The summed E-state index contributed by atoms with van der Waals surface area (Å²) in [4.78, 5) is 11.5. The topological polar surface area (TPSA) is 38.3 Å². The molecule has 1 aromatic carbocycles. The van der Waals surface area contributed by atoms with Gasteiger partial charge in [-0.2, -0.15) is 13.2 Å². The number of hydrogen-bond donors (Lipinski definition) is 1. The van der Waals surface area contributed by atoms with Gasteiger partial charge < -0.3 is 10.1 Å². The number of para-hydroxylation sites is 1. The first-order chi connectivity index (χ1) is 8.93. The molecule has 1 aliphatic heterocycles. The molecule has 0 aromatic heterocycles. The number of carbonyl (C=O) groups is 1. The van der Waals surface area contributed by atoms with E-state index >= 15 is 0 Å². The molecule has 1 unspecified atom stereocenters. The van der Waals surface area contributed by atoms with Crippen LogP contribution in [0.4, 0.5) is 18.9 Å². The molecule has 1 N–H and O–H groups in total. The number of ether oxygens (including phenoxy) is 1. The fourth-order valence-corrected chi connectivity index (χ4v) is 1.79. The summed E-state index contributed by atoms with van der Waals surface area (Å²) in [5.41, 5.74) is 0.193. The van der Waals surface area contributed by atoms with E-state index in [0.29, 0.717) is 11.3 Å². The number of halogens is 3. The van der Waals surface area contributed by atoms with Crippen LogP contribution >= 0.6 is 0 Å². The molecule has 0 spiro atoms. The number of anilines is 1. The van der Waals surface area contributed by atoms with Crippen LogP contribution in [-0.4, -0.2) is 18.2 Å².